The van der Waals surface area contributed by atoms with Gasteiger partial charge in [-0.15, -0.1) is 0 Å². The molecule has 4 bridgehead atoms. The fraction of sp³-hybridized carbons (Fsp3) is 0.577. The van der Waals surface area contributed by atoms with Gasteiger partial charge in [-0.25, -0.2) is 4.98 Å². The third-order valence-electron chi connectivity index (χ3n) is 7.86. The Balaban J connectivity index is 1.23. The van der Waals surface area contributed by atoms with Crippen LogP contribution in [0.15, 0.2) is 46.7 Å². The van der Waals surface area contributed by atoms with Gasteiger partial charge in [0.1, 0.15) is 6.04 Å². The number of hydrogen-bond donors (Lipinski definition) is 2. The number of rotatable bonds is 7. The van der Waals surface area contributed by atoms with Crippen molar-refractivity contribution in [3.8, 4) is 0 Å². The molecule has 4 aliphatic rings. The first kappa shape index (κ1) is 22.5. The lowest BCUT2D eigenvalue weighted by molar-refractivity contribution is -0.148. The van der Waals surface area contributed by atoms with E-state index in [9.17, 15) is 9.59 Å². The van der Waals surface area contributed by atoms with Crippen LogP contribution in [0.25, 0.3) is 0 Å². The fourth-order valence-corrected chi connectivity index (χ4v) is 7.40. The van der Waals surface area contributed by atoms with Gasteiger partial charge in [0.15, 0.2) is 5.16 Å². The number of amides is 2. The summed E-state index contributed by atoms with van der Waals surface area (Å²) in [7, 11) is 1.97. The van der Waals surface area contributed by atoms with Crippen molar-refractivity contribution in [1.29, 1.82) is 0 Å². The van der Waals surface area contributed by atoms with Gasteiger partial charge in [-0.2, -0.15) is 0 Å². The maximum atomic E-state index is 13.5. The van der Waals surface area contributed by atoms with Gasteiger partial charge in [0.05, 0.1) is 0 Å². The molecule has 4 aliphatic carbocycles. The van der Waals surface area contributed by atoms with Gasteiger partial charge in [0, 0.05) is 35.4 Å². The zero-order valence-corrected chi connectivity index (χ0v) is 20.5. The third-order valence-corrected chi connectivity index (χ3v) is 8.95. The first-order chi connectivity index (χ1) is 15.8. The van der Waals surface area contributed by atoms with Gasteiger partial charge in [0.2, 0.25) is 11.8 Å². The smallest absolute Gasteiger partial charge is 0.247 e. The van der Waals surface area contributed by atoms with E-state index >= 15 is 0 Å². The molecule has 0 radical (unpaired) electrons. The maximum Gasteiger partial charge on any atom is 0.247 e. The van der Waals surface area contributed by atoms with E-state index in [1.54, 1.807) is 18.0 Å². The van der Waals surface area contributed by atoms with Crippen molar-refractivity contribution in [2.45, 2.75) is 68.5 Å². The van der Waals surface area contributed by atoms with Crippen molar-refractivity contribution in [2.24, 2.45) is 36.1 Å². The topological polar surface area (TPSA) is 76.0 Å². The molecule has 0 spiro atoms. The lowest BCUT2D eigenvalue weighted by Crippen LogP contribution is -2.57. The molecule has 6 nitrogen and oxygen atoms in total. The quantitative estimate of drug-likeness (QED) is 0.611. The Hall–Kier alpha value is -2.28. The van der Waals surface area contributed by atoms with Gasteiger partial charge in [-0.3, -0.25) is 9.59 Å². The Morgan fingerprint density at radius 1 is 1.06 bits per heavy atom. The molecule has 4 saturated carbocycles. The van der Waals surface area contributed by atoms with Crippen LogP contribution in [-0.4, -0.2) is 27.4 Å². The van der Waals surface area contributed by atoms with Gasteiger partial charge in [-0.05, 0) is 86.5 Å². The number of nitrogens with one attached hydrogen (secondary N) is 2. The predicted molar refractivity (Wildman–Crippen MR) is 130 cm³/mol. The van der Waals surface area contributed by atoms with E-state index in [0.29, 0.717) is 17.8 Å². The molecular weight excluding hydrogens is 432 g/mol. The zero-order chi connectivity index (χ0) is 23.2. The Bertz CT molecular complexity index is 994. The molecular formula is C26H34N4O2S. The van der Waals surface area contributed by atoms with E-state index in [-0.39, 0.29) is 23.1 Å². The Labute approximate surface area is 200 Å². The minimum absolute atomic E-state index is 0.0149. The van der Waals surface area contributed by atoms with E-state index in [4.69, 9.17) is 0 Å². The summed E-state index contributed by atoms with van der Waals surface area (Å²) in [6.07, 6.45) is 10.6. The molecule has 1 aromatic carbocycles. The van der Waals surface area contributed by atoms with Crippen LogP contribution in [0.5, 0.6) is 0 Å². The summed E-state index contributed by atoms with van der Waals surface area (Å²) >= 11 is 1.58. The predicted octanol–water partition coefficient (Wildman–Crippen LogP) is 4.87. The molecule has 1 heterocycles. The van der Waals surface area contributed by atoms with Crippen molar-refractivity contribution >= 4 is 29.3 Å². The highest BCUT2D eigenvalue weighted by molar-refractivity contribution is 7.99. The highest BCUT2D eigenvalue weighted by Gasteiger charge is 2.55. The molecule has 6 rings (SSSR count). The van der Waals surface area contributed by atoms with Crippen LogP contribution >= 0.6 is 11.8 Å². The number of aromatic nitrogens is 2. The van der Waals surface area contributed by atoms with Crippen LogP contribution in [0.2, 0.25) is 0 Å². The van der Waals surface area contributed by atoms with Crippen molar-refractivity contribution < 1.29 is 9.59 Å². The molecule has 7 heteroatoms. The first-order valence-electron chi connectivity index (χ1n) is 12.2. The normalized spacial score (nSPS) is 28.7. The number of anilines is 1. The van der Waals surface area contributed by atoms with Gasteiger partial charge in [-0.1, -0.05) is 25.6 Å². The van der Waals surface area contributed by atoms with Crippen molar-refractivity contribution in [3.05, 3.63) is 36.7 Å². The Kier molecular flexibility index (Phi) is 6.02. The summed E-state index contributed by atoms with van der Waals surface area (Å²) in [6, 6.07) is 7.23. The largest absolute Gasteiger partial charge is 0.344 e. The highest BCUT2D eigenvalue weighted by Crippen LogP contribution is 2.60. The number of nitrogens with zero attached hydrogens (tertiary/aromatic N) is 2. The molecule has 0 unspecified atom stereocenters. The number of imidazole rings is 1. The van der Waals surface area contributed by atoms with E-state index in [1.807, 2.05) is 55.9 Å². The SMILES string of the molecule is CC(C)[C@@H](NC(=O)C12CC3CC(CC(C3)C1)C2)C(=O)Nc1ccc(Sc2nccn2C)cc1. The van der Waals surface area contributed by atoms with E-state index in [0.717, 1.165) is 35.0 Å². The zero-order valence-electron chi connectivity index (χ0n) is 19.7. The molecule has 1 atom stereocenters. The average molecular weight is 467 g/mol. The first-order valence-corrected chi connectivity index (χ1v) is 13.0. The van der Waals surface area contributed by atoms with Crippen molar-refractivity contribution in [3.63, 3.8) is 0 Å². The molecule has 2 amide bonds. The van der Waals surface area contributed by atoms with Crippen LogP contribution < -0.4 is 10.6 Å². The number of aryl methyl sites for hydroxylation is 1. The second-order valence-corrected chi connectivity index (χ2v) is 11.9. The van der Waals surface area contributed by atoms with Crippen LogP contribution in [0.3, 0.4) is 0 Å². The summed E-state index contributed by atoms with van der Waals surface area (Å²) in [4.78, 5) is 32.0. The summed E-state index contributed by atoms with van der Waals surface area (Å²) < 4.78 is 1.97. The van der Waals surface area contributed by atoms with E-state index in [2.05, 4.69) is 15.6 Å². The van der Waals surface area contributed by atoms with Gasteiger partial charge >= 0.3 is 0 Å². The molecule has 1 aromatic heterocycles. The van der Waals surface area contributed by atoms with E-state index in [1.165, 1.54) is 19.3 Å². The standard InChI is InChI=1S/C26H34N4O2S/c1-16(2)22(29-24(32)26-13-17-10-18(14-26)12-19(11-17)15-26)23(31)28-20-4-6-21(7-5-20)33-25-27-8-9-30(25)3/h4-9,16-19,22H,10-15H2,1-3H3,(H,28,31)(H,29,32)/t17?,18?,19?,22-,26?/m1/s1. The molecule has 0 aliphatic heterocycles. The van der Waals surface area contributed by atoms with E-state index < -0.39 is 6.04 Å². The molecule has 0 saturated heterocycles. The van der Waals surface area contributed by atoms with Crippen LogP contribution in [0.4, 0.5) is 5.69 Å². The third kappa shape index (κ3) is 4.57. The minimum Gasteiger partial charge on any atom is -0.344 e. The molecule has 33 heavy (non-hydrogen) atoms. The summed E-state index contributed by atoms with van der Waals surface area (Å²) in [5.41, 5.74) is 0.491. The Morgan fingerprint density at radius 2 is 1.67 bits per heavy atom. The van der Waals surface area contributed by atoms with Gasteiger partial charge in [0.25, 0.3) is 0 Å². The average Bonchev–Trinajstić information content (AvgIpc) is 3.16. The second kappa shape index (κ2) is 8.82. The number of carbonyl (C=O) groups excluding carboxylic acids is 2. The monoisotopic (exact) mass is 466 g/mol. The van der Waals surface area contributed by atoms with Crippen molar-refractivity contribution in [2.75, 3.05) is 5.32 Å². The Morgan fingerprint density at radius 3 is 2.18 bits per heavy atom. The maximum absolute atomic E-state index is 13.5. The second-order valence-electron chi connectivity index (χ2n) is 10.8. The minimum atomic E-state index is -0.535. The van der Waals surface area contributed by atoms with Crippen LogP contribution in [-0.2, 0) is 16.6 Å². The highest BCUT2D eigenvalue weighted by atomic mass is 32.2. The molecule has 2 aromatic rings. The molecule has 2 N–H and O–H groups in total. The number of benzene rings is 1. The lowest BCUT2D eigenvalue weighted by atomic mass is 9.49. The van der Waals surface area contributed by atoms with Crippen LogP contribution in [0.1, 0.15) is 52.4 Å². The molecule has 4 fully saturated rings. The summed E-state index contributed by atoms with van der Waals surface area (Å²) in [5.74, 6) is 2.09. The molecule has 176 valence electrons. The summed E-state index contributed by atoms with van der Waals surface area (Å²) in [5, 5.41) is 7.11. The van der Waals surface area contributed by atoms with Crippen LogP contribution in [0, 0.1) is 29.1 Å². The number of carbonyl (C=O) groups is 2. The van der Waals surface area contributed by atoms with Gasteiger partial charge < -0.3 is 15.2 Å². The summed E-state index contributed by atoms with van der Waals surface area (Å²) in [6.45, 7) is 3.99. The van der Waals surface area contributed by atoms with Crippen molar-refractivity contribution in [1.82, 2.24) is 14.9 Å². The lowest BCUT2D eigenvalue weighted by Gasteiger charge is -2.55. The fourth-order valence-electron chi connectivity index (χ4n) is 6.60. The number of hydrogen-bond acceptors (Lipinski definition) is 4.